The highest BCUT2D eigenvalue weighted by Crippen LogP contribution is 2.41. The molecule has 2 aliphatic rings. The van der Waals surface area contributed by atoms with E-state index in [1.807, 2.05) is 41.3 Å². The van der Waals surface area contributed by atoms with E-state index in [1.165, 1.54) is 6.08 Å². The molecule has 5 heteroatoms. The monoisotopic (exact) mass is 374 g/mol. The molecule has 2 fully saturated rings. The maximum Gasteiger partial charge on any atom is 0.246 e. The van der Waals surface area contributed by atoms with Gasteiger partial charge in [-0.15, -0.1) is 0 Å². The first kappa shape index (κ1) is 18.1. The van der Waals surface area contributed by atoms with Gasteiger partial charge in [-0.1, -0.05) is 24.8 Å². The number of likely N-dealkylation sites (tertiary alicyclic amines) is 1. The molecule has 3 atom stereocenters. The predicted molar refractivity (Wildman–Crippen MR) is 106 cm³/mol. The summed E-state index contributed by atoms with van der Waals surface area (Å²) in [5.74, 6) is 1.74. The van der Waals surface area contributed by atoms with Crippen molar-refractivity contribution in [2.24, 2.45) is 5.92 Å². The Bertz CT molecular complexity index is 963. The zero-order chi connectivity index (χ0) is 19.7. The van der Waals surface area contributed by atoms with Gasteiger partial charge in [0.2, 0.25) is 5.91 Å². The van der Waals surface area contributed by atoms with Crippen LogP contribution in [-0.2, 0) is 4.79 Å². The number of carbonyl (C=O) groups is 1. The number of rotatable bonds is 5. The van der Waals surface area contributed by atoms with E-state index in [1.54, 1.807) is 13.2 Å². The van der Waals surface area contributed by atoms with Crippen molar-refractivity contribution < 1.29 is 14.3 Å². The van der Waals surface area contributed by atoms with Crippen LogP contribution in [-0.4, -0.2) is 36.6 Å². The molecule has 1 heterocycles. The van der Waals surface area contributed by atoms with Crippen LogP contribution in [0.5, 0.6) is 11.5 Å². The van der Waals surface area contributed by atoms with Crippen LogP contribution in [0.4, 0.5) is 0 Å². The lowest BCUT2D eigenvalue weighted by Gasteiger charge is -2.31. The molecular formula is C23H22N2O3. The van der Waals surface area contributed by atoms with Gasteiger partial charge in [0.15, 0.2) is 0 Å². The van der Waals surface area contributed by atoms with E-state index in [-0.39, 0.29) is 18.1 Å². The van der Waals surface area contributed by atoms with Crippen molar-refractivity contribution in [1.82, 2.24) is 4.90 Å². The molecule has 2 aromatic rings. The minimum Gasteiger partial charge on any atom is -0.496 e. The third-order valence-corrected chi connectivity index (χ3v) is 5.68. The number of benzene rings is 2. The molecule has 142 valence electrons. The fourth-order valence-electron chi connectivity index (χ4n) is 4.38. The van der Waals surface area contributed by atoms with Gasteiger partial charge in [0.1, 0.15) is 17.6 Å². The van der Waals surface area contributed by atoms with E-state index in [9.17, 15) is 10.1 Å². The Kier molecular flexibility index (Phi) is 4.79. The average molecular weight is 374 g/mol. The number of hydrogen-bond acceptors (Lipinski definition) is 4. The standard InChI is InChI=1S/C23H22N2O3/c1-3-23(26)25-14-17-10-18(25)12-22(17)28-19-9-15(13-24)8-16(11-19)20-6-4-5-7-21(20)27-2/h3-9,11,17-18,22H,1,10,12,14H2,2H3. The smallest absolute Gasteiger partial charge is 0.246 e. The first-order valence-electron chi connectivity index (χ1n) is 9.41. The van der Waals surface area contributed by atoms with Crippen molar-refractivity contribution >= 4 is 5.91 Å². The van der Waals surface area contributed by atoms with Gasteiger partial charge in [-0.2, -0.15) is 5.26 Å². The van der Waals surface area contributed by atoms with Crippen molar-refractivity contribution in [2.75, 3.05) is 13.7 Å². The van der Waals surface area contributed by atoms with Crippen LogP contribution in [0.15, 0.2) is 55.1 Å². The summed E-state index contributed by atoms with van der Waals surface area (Å²) in [7, 11) is 1.63. The SMILES string of the molecule is C=CC(=O)N1CC2CC1CC2Oc1cc(C#N)cc(-c2ccccc2OC)c1. The van der Waals surface area contributed by atoms with E-state index < -0.39 is 0 Å². The summed E-state index contributed by atoms with van der Waals surface area (Å²) >= 11 is 0. The lowest BCUT2D eigenvalue weighted by atomic mass is 10.0. The third kappa shape index (κ3) is 3.22. The van der Waals surface area contributed by atoms with Gasteiger partial charge in [-0.3, -0.25) is 4.79 Å². The maximum atomic E-state index is 11.9. The Morgan fingerprint density at radius 3 is 2.79 bits per heavy atom. The summed E-state index contributed by atoms with van der Waals surface area (Å²) in [6.45, 7) is 4.29. The Hall–Kier alpha value is -3.26. The Labute approximate surface area is 164 Å². The molecule has 4 rings (SSSR count). The highest BCUT2D eigenvalue weighted by atomic mass is 16.5. The van der Waals surface area contributed by atoms with Gasteiger partial charge in [0.05, 0.1) is 18.7 Å². The predicted octanol–water partition coefficient (Wildman–Crippen LogP) is 3.79. The first-order chi connectivity index (χ1) is 13.6. The number of amides is 1. The Morgan fingerprint density at radius 2 is 2.11 bits per heavy atom. The van der Waals surface area contributed by atoms with Gasteiger partial charge < -0.3 is 14.4 Å². The zero-order valence-corrected chi connectivity index (χ0v) is 15.8. The van der Waals surface area contributed by atoms with Gasteiger partial charge in [0, 0.05) is 30.5 Å². The Balaban J connectivity index is 1.58. The maximum absolute atomic E-state index is 11.9. The number of para-hydroxylation sites is 1. The summed E-state index contributed by atoms with van der Waals surface area (Å²) < 4.78 is 11.8. The summed E-state index contributed by atoms with van der Waals surface area (Å²) in [6.07, 6.45) is 3.21. The number of methoxy groups -OCH3 is 1. The largest absolute Gasteiger partial charge is 0.496 e. The quantitative estimate of drug-likeness (QED) is 0.747. The lowest BCUT2D eigenvalue weighted by Crippen LogP contribution is -2.42. The number of carbonyl (C=O) groups excluding carboxylic acids is 1. The number of fused-ring (bicyclic) bond motifs is 2. The van der Waals surface area contributed by atoms with Crippen molar-refractivity contribution in [3.8, 4) is 28.7 Å². The molecule has 1 amide bonds. The molecule has 2 bridgehead atoms. The molecule has 1 saturated carbocycles. The Morgan fingerprint density at radius 1 is 1.29 bits per heavy atom. The second-order valence-corrected chi connectivity index (χ2v) is 7.29. The molecule has 2 aromatic carbocycles. The summed E-state index contributed by atoms with van der Waals surface area (Å²) in [5.41, 5.74) is 2.35. The molecule has 0 spiro atoms. The molecule has 1 aliphatic heterocycles. The molecule has 3 unspecified atom stereocenters. The molecule has 0 aromatic heterocycles. The molecule has 0 radical (unpaired) electrons. The number of hydrogen-bond donors (Lipinski definition) is 0. The first-order valence-corrected chi connectivity index (χ1v) is 9.41. The molecule has 28 heavy (non-hydrogen) atoms. The fraction of sp³-hybridized carbons (Fsp3) is 0.304. The second-order valence-electron chi connectivity index (χ2n) is 7.29. The van der Waals surface area contributed by atoms with Crippen LogP contribution >= 0.6 is 0 Å². The number of ether oxygens (including phenoxy) is 2. The van der Waals surface area contributed by atoms with Crippen molar-refractivity contribution in [2.45, 2.75) is 25.0 Å². The zero-order valence-electron chi connectivity index (χ0n) is 15.8. The molecule has 1 saturated heterocycles. The minimum absolute atomic E-state index is 0.00381. The van der Waals surface area contributed by atoms with E-state index in [0.29, 0.717) is 23.8 Å². The summed E-state index contributed by atoms with van der Waals surface area (Å²) in [6, 6.07) is 15.7. The van der Waals surface area contributed by atoms with Crippen LogP contribution in [0.1, 0.15) is 18.4 Å². The highest BCUT2D eigenvalue weighted by molar-refractivity contribution is 5.87. The van der Waals surface area contributed by atoms with Crippen LogP contribution in [0, 0.1) is 17.2 Å². The van der Waals surface area contributed by atoms with Crippen molar-refractivity contribution in [3.63, 3.8) is 0 Å². The fourth-order valence-corrected chi connectivity index (χ4v) is 4.38. The second kappa shape index (κ2) is 7.40. The van der Waals surface area contributed by atoms with Crippen LogP contribution < -0.4 is 9.47 Å². The van der Waals surface area contributed by atoms with Gasteiger partial charge in [-0.25, -0.2) is 0 Å². The van der Waals surface area contributed by atoms with E-state index in [4.69, 9.17) is 9.47 Å². The summed E-state index contributed by atoms with van der Waals surface area (Å²) in [4.78, 5) is 13.8. The normalized spacial score (nSPS) is 22.6. The number of nitrogens with zero attached hydrogens (tertiary/aromatic N) is 2. The van der Waals surface area contributed by atoms with Gasteiger partial charge >= 0.3 is 0 Å². The number of piperidine rings is 1. The topological polar surface area (TPSA) is 62.6 Å². The lowest BCUT2D eigenvalue weighted by molar-refractivity contribution is -0.128. The van der Waals surface area contributed by atoms with Crippen LogP contribution in [0.2, 0.25) is 0 Å². The third-order valence-electron chi connectivity index (χ3n) is 5.68. The van der Waals surface area contributed by atoms with E-state index in [2.05, 4.69) is 12.6 Å². The highest BCUT2D eigenvalue weighted by Gasteiger charge is 2.47. The summed E-state index contributed by atoms with van der Waals surface area (Å²) in [5, 5.41) is 9.46. The molecule has 1 aliphatic carbocycles. The van der Waals surface area contributed by atoms with Gasteiger partial charge in [-0.05, 0) is 42.3 Å². The average Bonchev–Trinajstić information content (AvgIpc) is 3.33. The number of nitriles is 1. The van der Waals surface area contributed by atoms with Crippen LogP contribution in [0.25, 0.3) is 11.1 Å². The van der Waals surface area contributed by atoms with Gasteiger partial charge in [0.25, 0.3) is 0 Å². The van der Waals surface area contributed by atoms with E-state index >= 15 is 0 Å². The molecule has 0 N–H and O–H groups in total. The van der Waals surface area contributed by atoms with Crippen molar-refractivity contribution in [1.29, 1.82) is 5.26 Å². The molecular weight excluding hydrogens is 352 g/mol. The minimum atomic E-state index is -0.00381. The van der Waals surface area contributed by atoms with Crippen LogP contribution in [0.3, 0.4) is 0 Å². The molecule has 5 nitrogen and oxygen atoms in total. The van der Waals surface area contributed by atoms with Crippen molar-refractivity contribution in [3.05, 3.63) is 60.7 Å². The van der Waals surface area contributed by atoms with E-state index in [0.717, 1.165) is 29.7 Å².